The summed E-state index contributed by atoms with van der Waals surface area (Å²) in [7, 11) is 0. The number of likely N-dealkylation sites (tertiary alicyclic amines) is 1. The monoisotopic (exact) mass is 184 g/mol. The van der Waals surface area contributed by atoms with E-state index in [2.05, 4.69) is 5.32 Å². The normalized spacial score (nSPS) is 26.5. The topological polar surface area (TPSA) is 52.6 Å². The van der Waals surface area contributed by atoms with E-state index in [1.165, 1.54) is 0 Å². The Bertz CT molecular complexity index is 220. The van der Waals surface area contributed by atoms with E-state index in [1.54, 1.807) is 4.90 Å². The summed E-state index contributed by atoms with van der Waals surface area (Å²) >= 11 is 0. The summed E-state index contributed by atoms with van der Waals surface area (Å²) in [6, 6.07) is 0. The first kappa shape index (κ1) is 8.97. The molecule has 4 nitrogen and oxygen atoms in total. The van der Waals surface area contributed by atoms with Crippen molar-refractivity contribution in [1.82, 2.24) is 10.2 Å². The number of carbonyl (C=O) groups is 1. The van der Waals surface area contributed by atoms with Gasteiger partial charge in [-0.2, -0.15) is 0 Å². The highest BCUT2D eigenvalue weighted by molar-refractivity contribution is 5.81. The largest absolute Gasteiger partial charge is 0.386 e. The fourth-order valence-electron chi connectivity index (χ4n) is 1.77. The highest BCUT2D eigenvalue weighted by Crippen LogP contribution is 2.26. The van der Waals surface area contributed by atoms with Crippen molar-refractivity contribution in [2.75, 3.05) is 26.2 Å². The molecule has 2 N–H and O–H groups in total. The first-order valence-corrected chi connectivity index (χ1v) is 4.86. The number of nitrogens with one attached hydrogen (secondary N) is 1. The Morgan fingerprint density at radius 1 is 1.62 bits per heavy atom. The van der Waals surface area contributed by atoms with Crippen LogP contribution in [0.5, 0.6) is 0 Å². The van der Waals surface area contributed by atoms with Crippen LogP contribution in [0.25, 0.3) is 0 Å². The van der Waals surface area contributed by atoms with Crippen LogP contribution in [0.1, 0.15) is 13.3 Å². The molecule has 0 unspecified atom stereocenters. The molecule has 2 rings (SSSR count). The van der Waals surface area contributed by atoms with E-state index >= 15 is 0 Å². The van der Waals surface area contributed by atoms with Crippen LogP contribution in [0.3, 0.4) is 0 Å². The third kappa shape index (κ3) is 1.44. The van der Waals surface area contributed by atoms with E-state index in [1.807, 2.05) is 6.92 Å². The Morgan fingerprint density at radius 3 is 2.62 bits per heavy atom. The standard InChI is InChI=1S/C9H16N2O2/c1-2-9(13)5-11(6-9)8(12)7-3-10-4-7/h7,10,13H,2-6H2,1H3. The van der Waals surface area contributed by atoms with Crippen molar-refractivity contribution in [2.45, 2.75) is 18.9 Å². The first-order valence-electron chi connectivity index (χ1n) is 4.86. The molecule has 0 spiro atoms. The quantitative estimate of drug-likeness (QED) is 0.590. The van der Waals surface area contributed by atoms with Gasteiger partial charge < -0.3 is 15.3 Å². The van der Waals surface area contributed by atoms with Crippen molar-refractivity contribution in [1.29, 1.82) is 0 Å². The summed E-state index contributed by atoms with van der Waals surface area (Å²) in [6.45, 7) is 4.62. The summed E-state index contributed by atoms with van der Waals surface area (Å²) < 4.78 is 0. The van der Waals surface area contributed by atoms with Gasteiger partial charge in [0.25, 0.3) is 0 Å². The highest BCUT2D eigenvalue weighted by Gasteiger charge is 2.44. The lowest BCUT2D eigenvalue weighted by atomic mass is 9.89. The molecule has 2 aliphatic heterocycles. The van der Waals surface area contributed by atoms with Crippen LogP contribution in [-0.4, -0.2) is 47.7 Å². The van der Waals surface area contributed by atoms with Crippen LogP contribution in [0, 0.1) is 5.92 Å². The summed E-state index contributed by atoms with van der Waals surface area (Å²) in [4.78, 5) is 13.3. The number of rotatable bonds is 2. The molecule has 0 bridgehead atoms. The van der Waals surface area contributed by atoms with Crippen molar-refractivity contribution in [3.63, 3.8) is 0 Å². The Hall–Kier alpha value is -0.610. The minimum atomic E-state index is -0.590. The van der Waals surface area contributed by atoms with E-state index in [4.69, 9.17) is 0 Å². The molecule has 4 heteroatoms. The molecular weight excluding hydrogens is 168 g/mol. The lowest BCUT2D eigenvalue weighted by Gasteiger charge is -2.48. The molecule has 0 saturated carbocycles. The van der Waals surface area contributed by atoms with Crippen LogP contribution in [0.2, 0.25) is 0 Å². The van der Waals surface area contributed by atoms with Crippen LogP contribution >= 0.6 is 0 Å². The zero-order valence-electron chi connectivity index (χ0n) is 7.92. The molecule has 2 heterocycles. The molecule has 13 heavy (non-hydrogen) atoms. The summed E-state index contributed by atoms with van der Waals surface area (Å²) in [5.41, 5.74) is -0.590. The molecule has 2 aliphatic rings. The predicted octanol–water partition coefficient (Wildman–Crippen LogP) is -0.811. The number of aliphatic hydroxyl groups is 1. The maximum absolute atomic E-state index is 11.6. The average molecular weight is 184 g/mol. The molecule has 0 atom stereocenters. The second-order valence-electron chi connectivity index (χ2n) is 4.13. The highest BCUT2D eigenvalue weighted by atomic mass is 16.3. The summed E-state index contributed by atoms with van der Waals surface area (Å²) in [5, 5.41) is 12.8. The maximum Gasteiger partial charge on any atom is 0.228 e. The van der Waals surface area contributed by atoms with Crippen molar-refractivity contribution in [2.24, 2.45) is 5.92 Å². The van der Waals surface area contributed by atoms with Gasteiger partial charge in [0.1, 0.15) is 0 Å². The van der Waals surface area contributed by atoms with Gasteiger partial charge in [0.2, 0.25) is 5.91 Å². The van der Waals surface area contributed by atoms with Gasteiger partial charge in [-0.05, 0) is 6.42 Å². The molecule has 0 aromatic carbocycles. The van der Waals surface area contributed by atoms with Crippen LogP contribution < -0.4 is 5.32 Å². The predicted molar refractivity (Wildman–Crippen MR) is 48.2 cm³/mol. The van der Waals surface area contributed by atoms with Gasteiger partial charge in [-0.1, -0.05) is 6.92 Å². The summed E-state index contributed by atoms with van der Waals surface area (Å²) in [6.07, 6.45) is 0.736. The van der Waals surface area contributed by atoms with Crippen LogP contribution in [-0.2, 0) is 4.79 Å². The minimum Gasteiger partial charge on any atom is -0.386 e. The number of carbonyl (C=O) groups excluding carboxylic acids is 1. The fraction of sp³-hybridized carbons (Fsp3) is 0.889. The maximum atomic E-state index is 11.6. The van der Waals surface area contributed by atoms with Gasteiger partial charge in [-0.25, -0.2) is 0 Å². The van der Waals surface area contributed by atoms with Crippen LogP contribution in [0.15, 0.2) is 0 Å². The second kappa shape index (κ2) is 2.96. The molecular formula is C9H16N2O2. The van der Waals surface area contributed by atoms with E-state index in [0.29, 0.717) is 13.1 Å². The molecule has 1 amide bonds. The van der Waals surface area contributed by atoms with E-state index in [0.717, 1.165) is 19.5 Å². The van der Waals surface area contributed by atoms with Gasteiger partial charge in [0.05, 0.1) is 24.6 Å². The molecule has 2 saturated heterocycles. The molecule has 0 aromatic heterocycles. The lowest BCUT2D eigenvalue weighted by molar-refractivity contribution is -0.161. The van der Waals surface area contributed by atoms with Gasteiger partial charge in [0.15, 0.2) is 0 Å². The molecule has 0 aliphatic carbocycles. The number of amides is 1. The average Bonchev–Trinajstić information content (AvgIpc) is 1.95. The van der Waals surface area contributed by atoms with E-state index in [-0.39, 0.29) is 11.8 Å². The first-order chi connectivity index (χ1) is 6.14. The SMILES string of the molecule is CCC1(O)CN(C(=O)C2CNC2)C1. The second-order valence-corrected chi connectivity index (χ2v) is 4.13. The van der Waals surface area contributed by atoms with Gasteiger partial charge in [0, 0.05) is 13.1 Å². The fourth-order valence-corrected chi connectivity index (χ4v) is 1.77. The van der Waals surface area contributed by atoms with Crippen molar-refractivity contribution >= 4 is 5.91 Å². The number of nitrogens with zero attached hydrogens (tertiary/aromatic N) is 1. The smallest absolute Gasteiger partial charge is 0.228 e. The molecule has 2 fully saturated rings. The Balaban J connectivity index is 1.82. The Morgan fingerprint density at radius 2 is 2.23 bits per heavy atom. The Labute approximate surface area is 77.9 Å². The zero-order valence-corrected chi connectivity index (χ0v) is 7.92. The molecule has 0 aromatic rings. The number of hydrogen-bond acceptors (Lipinski definition) is 3. The number of hydrogen-bond donors (Lipinski definition) is 2. The van der Waals surface area contributed by atoms with Crippen molar-refractivity contribution < 1.29 is 9.90 Å². The zero-order chi connectivity index (χ0) is 9.47. The molecule has 74 valence electrons. The Kier molecular flexibility index (Phi) is 2.04. The van der Waals surface area contributed by atoms with E-state index < -0.39 is 5.60 Å². The molecule has 0 radical (unpaired) electrons. The van der Waals surface area contributed by atoms with Crippen LogP contribution in [0.4, 0.5) is 0 Å². The van der Waals surface area contributed by atoms with Gasteiger partial charge in [-0.15, -0.1) is 0 Å². The lowest BCUT2D eigenvalue weighted by Crippen LogP contribution is -2.66. The van der Waals surface area contributed by atoms with Crippen molar-refractivity contribution in [3.8, 4) is 0 Å². The van der Waals surface area contributed by atoms with E-state index in [9.17, 15) is 9.90 Å². The van der Waals surface area contributed by atoms with Crippen molar-refractivity contribution in [3.05, 3.63) is 0 Å². The third-order valence-electron chi connectivity index (χ3n) is 3.07. The summed E-state index contributed by atoms with van der Waals surface area (Å²) in [5.74, 6) is 0.373. The minimum absolute atomic E-state index is 0.168. The number of β-amino-alcohol motifs (C(OH)–C–C–N with tert-alkyl or cyclic N) is 1. The van der Waals surface area contributed by atoms with Gasteiger partial charge >= 0.3 is 0 Å². The van der Waals surface area contributed by atoms with Gasteiger partial charge in [-0.3, -0.25) is 4.79 Å². The third-order valence-corrected chi connectivity index (χ3v) is 3.07.